The molecule has 206 valence electrons. The number of likely N-dealkylation sites (N-methyl/N-ethyl adjacent to an activating group) is 1. The second-order valence-electron chi connectivity index (χ2n) is 11.2. The average Bonchev–Trinajstić information content (AvgIpc) is 3.41. The predicted octanol–water partition coefficient (Wildman–Crippen LogP) is 5.42. The monoisotopic (exact) mass is 513 g/mol. The molecule has 2 amide bonds. The SMILES string of the molecule is CNCC(CC1CCCCC1)NC(=O)N1CCCC(C(O)(CCCCOC)c2cccc3ccoc23)C1. The summed E-state index contributed by atoms with van der Waals surface area (Å²) in [5, 5.41) is 19.9. The lowest BCUT2D eigenvalue weighted by Gasteiger charge is -2.43. The van der Waals surface area contributed by atoms with Crippen molar-refractivity contribution < 1.29 is 19.1 Å². The van der Waals surface area contributed by atoms with Gasteiger partial charge in [-0.3, -0.25) is 0 Å². The van der Waals surface area contributed by atoms with Crippen molar-refractivity contribution in [1.29, 1.82) is 0 Å². The van der Waals surface area contributed by atoms with Crippen molar-refractivity contribution in [3.05, 3.63) is 36.1 Å². The highest BCUT2D eigenvalue weighted by Crippen LogP contribution is 2.42. The zero-order valence-electron chi connectivity index (χ0n) is 22.8. The minimum Gasteiger partial charge on any atom is -0.464 e. The molecular weight excluding hydrogens is 466 g/mol. The summed E-state index contributed by atoms with van der Waals surface area (Å²) in [6.45, 7) is 2.72. The van der Waals surface area contributed by atoms with Crippen LogP contribution in [0.25, 0.3) is 11.0 Å². The van der Waals surface area contributed by atoms with E-state index in [0.717, 1.165) is 61.7 Å². The molecule has 2 heterocycles. The van der Waals surface area contributed by atoms with Crippen LogP contribution in [-0.2, 0) is 10.3 Å². The third kappa shape index (κ3) is 7.06. The Hall–Kier alpha value is -2.09. The molecule has 7 heteroatoms. The standard InChI is InChI=1S/C30H47N3O4/c1-31-21-26(20-23-10-4-3-5-11-23)32-29(34)33-17-9-13-25(22-33)30(35,16-6-7-18-36-2)27-14-8-12-24-15-19-37-28(24)27/h8,12,14-15,19,23,25-26,31,35H,3-7,9-11,13,16-18,20-22H2,1-2H3,(H,32,34). The maximum Gasteiger partial charge on any atom is 0.317 e. The third-order valence-corrected chi connectivity index (χ3v) is 8.61. The van der Waals surface area contributed by atoms with Gasteiger partial charge in [0.05, 0.1) is 11.9 Å². The molecule has 3 N–H and O–H groups in total. The number of amides is 2. The number of benzene rings is 1. The Bertz CT molecular complexity index is 973. The number of hydrogen-bond donors (Lipinski definition) is 3. The molecule has 0 bridgehead atoms. The number of para-hydroxylation sites is 1. The van der Waals surface area contributed by atoms with Crippen LogP contribution in [0.15, 0.2) is 34.9 Å². The number of aliphatic hydroxyl groups is 1. The smallest absolute Gasteiger partial charge is 0.317 e. The molecule has 2 aliphatic rings. The van der Waals surface area contributed by atoms with Crippen molar-refractivity contribution in [2.75, 3.05) is 40.4 Å². The fourth-order valence-corrected chi connectivity index (χ4v) is 6.62. The maximum atomic E-state index is 13.5. The molecule has 0 radical (unpaired) electrons. The van der Waals surface area contributed by atoms with E-state index < -0.39 is 5.60 Å². The van der Waals surface area contributed by atoms with E-state index in [9.17, 15) is 9.90 Å². The van der Waals surface area contributed by atoms with Crippen LogP contribution in [-0.4, -0.2) is 62.5 Å². The van der Waals surface area contributed by atoms with Crippen molar-refractivity contribution in [3.8, 4) is 0 Å². The van der Waals surface area contributed by atoms with Gasteiger partial charge >= 0.3 is 6.03 Å². The minimum atomic E-state index is -1.07. The van der Waals surface area contributed by atoms with Crippen LogP contribution < -0.4 is 10.6 Å². The lowest BCUT2D eigenvalue weighted by Crippen LogP contribution is -2.54. The maximum absolute atomic E-state index is 13.5. The lowest BCUT2D eigenvalue weighted by molar-refractivity contribution is -0.0558. The second kappa shape index (κ2) is 13.6. The Kier molecular flexibility index (Phi) is 10.3. The van der Waals surface area contributed by atoms with Crippen molar-refractivity contribution in [2.24, 2.45) is 11.8 Å². The molecule has 1 aromatic carbocycles. The van der Waals surface area contributed by atoms with Crippen LogP contribution in [0.4, 0.5) is 4.79 Å². The highest BCUT2D eigenvalue weighted by molar-refractivity contribution is 5.81. The first-order valence-corrected chi connectivity index (χ1v) is 14.4. The molecule has 7 nitrogen and oxygen atoms in total. The molecule has 1 aliphatic heterocycles. The Morgan fingerprint density at radius 3 is 2.81 bits per heavy atom. The first-order valence-electron chi connectivity index (χ1n) is 14.4. The zero-order chi connectivity index (χ0) is 26.1. The van der Waals surface area contributed by atoms with E-state index in [1.807, 2.05) is 36.2 Å². The zero-order valence-corrected chi connectivity index (χ0v) is 22.8. The van der Waals surface area contributed by atoms with Gasteiger partial charge in [-0.15, -0.1) is 0 Å². The summed E-state index contributed by atoms with van der Waals surface area (Å²) in [5.41, 5.74) is 0.515. The molecule has 2 aromatic rings. The van der Waals surface area contributed by atoms with E-state index >= 15 is 0 Å². The normalized spacial score (nSPS) is 21.6. The summed E-state index contributed by atoms with van der Waals surface area (Å²) in [7, 11) is 3.67. The molecule has 1 aromatic heterocycles. The summed E-state index contributed by atoms with van der Waals surface area (Å²) in [4.78, 5) is 15.4. The number of urea groups is 1. The quantitative estimate of drug-likeness (QED) is 0.330. The molecule has 4 rings (SSSR count). The molecule has 0 spiro atoms. The predicted molar refractivity (Wildman–Crippen MR) is 148 cm³/mol. The molecule has 1 saturated heterocycles. The number of nitrogens with one attached hydrogen (secondary N) is 2. The van der Waals surface area contributed by atoms with Gasteiger partial charge in [0.25, 0.3) is 0 Å². The fraction of sp³-hybridized carbons (Fsp3) is 0.700. The van der Waals surface area contributed by atoms with Crippen molar-refractivity contribution >= 4 is 17.0 Å². The van der Waals surface area contributed by atoms with E-state index in [-0.39, 0.29) is 18.0 Å². The number of furan rings is 1. The number of ether oxygens (including phenoxy) is 1. The second-order valence-corrected chi connectivity index (χ2v) is 11.2. The van der Waals surface area contributed by atoms with Gasteiger partial charge in [0.15, 0.2) is 0 Å². The lowest BCUT2D eigenvalue weighted by atomic mass is 9.73. The summed E-state index contributed by atoms with van der Waals surface area (Å²) in [6, 6.07) is 8.08. The van der Waals surface area contributed by atoms with E-state index in [4.69, 9.17) is 9.15 Å². The number of carbonyl (C=O) groups excluding carboxylic acids is 1. The topological polar surface area (TPSA) is 87.0 Å². The molecular formula is C30H47N3O4. The van der Waals surface area contributed by atoms with Gasteiger partial charge < -0.3 is 29.8 Å². The van der Waals surface area contributed by atoms with Gasteiger partial charge in [0.2, 0.25) is 0 Å². The Labute approximate surface area is 222 Å². The third-order valence-electron chi connectivity index (χ3n) is 8.61. The van der Waals surface area contributed by atoms with Crippen molar-refractivity contribution in [2.45, 2.75) is 82.3 Å². The highest BCUT2D eigenvalue weighted by atomic mass is 16.5. The van der Waals surface area contributed by atoms with Crippen LogP contribution in [0.2, 0.25) is 0 Å². The van der Waals surface area contributed by atoms with Crippen LogP contribution in [0.5, 0.6) is 0 Å². The van der Waals surface area contributed by atoms with Crippen LogP contribution in [0.3, 0.4) is 0 Å². The highest BCUT2D eigenvalue weighted by Gasteiger charge is 2.43. The Morgan fingerprint density at radius 2 is 2.03 bits per heavy atom. The summed E-state index contributed by atoms with van der Waals surface area (Å²) in [6.07, 6.45) is 13.3. The summed E-state index contributed by atoms with van der Waals surface area (Å²) in [5.74, 6) is 0.638. The first-order chi connectivity index (χ1) is 18.0. The number of fused-ring (bicyclic) bond motifs is 1. The molecule has 2 fully saturated rings. The van der Waals surface area contributed by atoms with E-state index in [1.54, 1.807) is 13.4 Å². The molecule has 3 atom stereocenters. The average molecular weight is 514 g/mol. The van der Waals surface area contributed by atoms with E-state index in [2.05, 4.69) is 10.6 Å². The minimum absolute atomic E-state index is 0.00120. The van der Waals surface area contributed by atoms with Gasteiger partial charge in [0.1, 0.15) is 5.58 Å². The van der Waals surface area contributed by atoms with E-state index in [1.165, 1.54) is 32.1 Å². The van der Waals surface area contributed by atoms with Gasteiger partial charge in [-0.05, 0) is 57.6 Å². The van der Waals surface area contributed by atoms with Gasteiger partial charge in [0, 0.05) is 56.3 Å². The van der Waals surface area contributed by atoms with Crippen molar-refractivity contribution in [3.63, 3.8) is 0 Å². The number of rotatable bonds is 12. The molecule has 37 heavy (non-hydrogen) atoms. The Morgan fingerprint density at radius 1 is 1.19 bits per heavy atom. The molecule has 1 aliphatic carbocycles. The van der Waals surface area contributed by atoms with Crippen LogP contribution in [0.1, 0.15) is 76.2 Å². The number of piperidine rings is 1. The van der Waals surface area contributed by atoms with Gasteiger partial charge in [-0.1, -0.05) is 50.3 Å². The number of unbranched alkanes of at least 4 members (excludes halogenated alkanes) is 1. The largest absolute Gasteiger partial charge is 0.464 e. The first kappa shape index (κ1) is 27.9. The van der Waals surface area contributed by atoms with Crippen molar-refractivity contribution in [1.82, 2.24) is 15.5 Å². The molecule has 1 saturated carbocycles. The number of hydrogen-bond acceptors (Lipinski definition) is 5. The van der Waals surface area contributed by atoms with E-state index in [0.29, 0.717) is 25.5 Å². The van der Waals surface area contributed by atoms with Crippen LogP contribution >= 0.6 is 0 Å². The molecule has 3 unspecified atom stereocenters. The summed E-state index contributed by atoms with van der Waals surface area (Å²) >= 11 is 0. The number of methoxy groups -OCH3 is 1. The number of nitrogens with zero attached hydrogens (tertiary/aromatic N) is 1. The van der Waals surface area contributed by atoms with Crippen LogP contribution in [0, 0.1) is 11.8 Å². The van der Waals surface area contributed by atoms with Gasteiger partial charge in [-0.2, -0.15) is 0 Å². The fourth-order valence-electron chi connectivity index (χ4n) is 6.62. The Balaban J connectivity index is 1.48. The number of likely N-dealkylation sites (tertiary alicyclic amines) is 1. The van der Waals surface area contributed by atoms with Gasteiger partial charge in [-0.25, -0.2) is 4.79 Å². The number of carbonyl (C=O) groups is 1. The summed E-state index contributed by atoms with van der Waals surface area (Å²) < 4.78 is 11.1.